The van der Waals surface area contributed by atoms with Crippen LogP contribution in [0.25, 0.3) is 0 Å². The number of nitro groups is 1. The number of azo groups is 1. The zero-order valence-electron chi connectivity index (χ0n) is 13.0. The van der Waals surface area contributed by atoms with Crippen LogP contribution in [-0.4, -0.2) is 22.6 Å². The number of nitro benzene ring substituents is 1. The lowest BCUT2D eigenvalue weighted by atomic mass is 10.2. The van der Waals surface area contributed by atoms with Crippen molar-refractivity contribution in [1.29, 1.82) is 0 Å². The number of anilines is 1. The molecule has 2 aromatic rings. The van der Waals surface area contributed by atoms with Gasteiger partial charge in [-0.15, -0.1) is 0 Å². The summed E-state index contributed by atoms with van der Waals surface area (Å²) in [7, 11) is 0. The maximum absolute atomic E-state index is 12.5. The Morgan fingerprint density at radius 2 is 1.96 bits per heavy atom. The SMILES string of the molecule is CC1=NN(c2ccccc2)C(=O)[C@@H]1N=Nc1ccc([N+](=O)[O-])cc1Br. The van der Waals surface area contributed by atoms with Gasteiger partial charge in [-0.05, 0) is 41.1 Å². The van der Waals surface area contributed by atoms with Gasteiger partial charge in [0.2, 0.25) is 0 Å². The molecular formula is C16H12BrN5O3. The quantitative estimate of drug-likeness (QED) is 0.435. The van der Waals surface area contributed by atoms with Gasteiger partial charge >= 0.3 is 0 Å². The van der Waals surface area contributed by atoms with Gasteiger partial charge < -0.3 is 0 Å². The molecule has 9 heteroatoms. The van der Waals surface area contributed by atoms with Gasteiger partial charge in [-0.25, -0.2) is 0 Å². The Bertz CT molecular complexity index is 898. The Hall–Kier alpha value is -2.94. The molecule has 0 spiro atoms. The summed E-state index contributed by atoms with van der Waals surface area (Å²) in [5, 5.41) is 24.4. The van der Waals surface area contributed by atoms with Crippen LogP contribution in [0.1, 0.15) is 6.92 Å². The zero-order chi connectivity index (χ0) is 18.0. The molecule has 0 aromatic heterocycles. The van der Waals surface area contributed by atoms with E-state index >= 15 is 0 Å². The summed E-state index contributed by atoms with van der Waals surface area (Å²) in [5.41, 5.74) is 1.51. The summed E-state index contributed by atoms with van der Waals surface area (Å²) < 4.78 is 0.422. The van der Waals surface area contributed by atoms with E-state index in [1.165, 1.54) is 23.2 Å². The van der Waals surface area contributed by atoms with E-state index in [9.17, 15) is 14.9 Å². The number of non-ortho nitro benzene ring substituents is 1. The fourth-order valence-electron chi connectivity index (χ4n) is 2.25. The average Bonchev–Trinajstić information content (AvgIpc) is 2.89. The molecule has 0 saturated heterocycles. The van der Waals surface area contributed by atoms with Crippen LogP contribution < -0.4 is 5.01 Å². The van der Waals surface area contributed by atoms with Crippen molar-refractivity contribution in [2.75, 3.05) is 5.01 Å². The molecule has 3 rings (SSSR count). The van der Waals surface area contributed by atoms with Gasteiger partial charge in [-0.3, -0.25) is 14.9 Å². The summed E-state index contributed by atoms with van der Waals surface area (Å²) in [6, 6.07) is 12.3. The van der Waals surface area contributed by atoms with Gasteiger partial charge in [-0.1, -0.05) is 18.2 Å². The highest BCUT2D eigenvalue weighted by Gasteiger charge is 2.34. The Morgan fingerprint density at radius 1 is 1.24 bits per heavy atom. The average molecular weight is 402 g/mol. The topological polar surface area (TPSA) is 101 Å². The van der Waals surface area contributed by atoms with Gasteiger partial charge in [0.25, 0.3) is 11.6 Å². The van der Waals surface area contributed by atoms with Gasteiger partial charge in [0.15, 0.2) is 6.04 Å². The summed E-state index contributed by atoms with van der Waals surface area (Å²) in [5.74, 6) is -0.300. The zero-order valence-corrected chi connectivity index (χ0v) is 14.6. The number of hydrogen-bond acceptors (Lipinski definition) is 6. The van der Waals surface area contributed by atoms with E-state index in [2.05, 4.69) is 31.3 Å². The molecule has 1 heterocycles. The fourth-order valence-corrected chi connectivity index (χ4v) is 2.70. The number of hydrazone groups is 1. The molecule has 25 heavy (non-hydrogen) atoms. The number of hydrogen-bond donors (Lipinski definition) is 0. The van der Waals surface area contributed by atoms with Crippen molar-refractivity contribution in [3.05, 3.63) is 63.1 Å². The molecule has 1 aliphatic heterocycles. The third-order valence-corrected chi connectivity index (χ3v) is 4.16. The molecule has 0 unspecified atom stereocenters. The maximum atomic E-state index is 12.5. The Labute approximate surface area is 151 Å². The normalized spacial score (nSPS) is 17.2. The summed E-state index contributed by atoms with van der Waals surface area (Å²) >= 11 is 3.22. The molecule has 2 aromatic carbocycles. The van der Waals surface area contributed by atoms with Crippen LogP contribution in [0.15, 0.2) is 68.3 Å². The van der Waals surface area contributed by atoms with Crippen LogP contribution in [-0.2, 0) is 4.79 Å². The number of rotatable bonds is 4. The lowest BCUT2D eigenvalue weighted by Crippen LogP contribution is -2.29. The van der Waals surface area contributed by atoms with E-state index in [0.29, 0.717) is 21.6 Å². The standard InChI is InChI=1S/C16H12BrN5O3/c1-10-15(16(23)21(20-10)11-5-3-2-4-6-11)19-18-14-8-7-12(22(24)25)9-13(14)17/h2-9,15H,1H3/t15-/m1/s1. The lowest BCUT2D eigenvalue weighted by Gasteiger charge is -2.11. The first-order valence-electron chi connectivity index (χ1n) is 7.26. The molecule has 1 atom stereocenters. The molecule has 0 fully saturated rings. The number of amides is 1. The summed E-state index contributed by atoms with van der Waals surface area (Å²) in [6.07, 6.45) is 0. The monoisotopic (exact) mass is 401 g/mol. The summed E-state index contributed by atoms with van der Waals surface area (Å²) in [4.78, 5) is 22.8. The first-order valence-corrected chi connectivity index (χ1v) is 8.05. The lowest BCUT2D eigenvalue weighted by molar-refractivity contribution is -0.384. The van der Waals surface area contributed by atoms with Crippen molar-refractivity contribution in [2.24, 2.45) is 15.3 Å². The highest BCUT2D eigenvalue weighted by Crippen LogP contribution is 2.30. The third-order valence-electron chi connectivity index (χ3n) is 3.52. The van der Waals surface area contributed by atoms with Crippen molar-refractivity contribution in [3.8, 4) is 0 Å². The van der Waals surface area contributed by atoms with E-state index in [1.807, 2.05) is 18.2 Å². The molecule has 0 N–H and O–H groups in total. The molecular weight excluding hydrogens is 390 g/mol. The van der Waals surface area contributed by atoms with Gasteiger partial charge in [0.1, 0.15) is 0 Å². The highest BCUT2D eigenvalue weighted by molar-refractivity contribution is 9.10. The van der Waals surface area contributed by atoms with Gasteiger partial charge in [0.05, 0.1) is 26.5 Å². The maximum Gasteiger partial charge on any atom is 0.280 e. The molecule has 1 amide bonds. The number of carbonyl (C=O) groups is 1. The van der Waals surface area contributed by atoms with Crippen molar-refractivity contribution >= 4 is 44.6 Å². The minimum Gasteiger partial charge on any atom is -0.269 e. The number of carbonyl (C=O) groups excluding carboxylic acids is 1. The van der Waals surface area contributed by atoms with E-state index in [-0.39, 0.29) is 11.6 Å². The molecule has 0 saturated carbocycles. The van der Waals surface area contributed by atoms with Crippen molar-refractivity contribution in [3.63, 3.8) is 0 Å². The van der Waals surface area contributed by atoms with Crippen LogP contribution in [0.5, 0.6) is 0 Å². The Morgan fingerprint density at radius 3 is 2.60 bits per heavy atom. The third kappa shape index (κ3) is 3.45. The fraction of sp³-hybridized carbons (Fsp3) is 0.125. The van der Waals surface area contributed by atoms with E-state index in [4.69, 9.17) is 0 Å². The number of nitrogens with zero attached hydrogens (tertiary/aromatic N) is 5. The molecule has 0 aliphatic carbocycles. The molecule has 0 bridgehead atoms. The molecule has 1 aliphatic rings. The van der Waals surface area contributed by atoms with E-state index in [0.717, 1.165) is 0 Å². The second kappa shape index (κ2) is 6.89. The minimum atomic E-state index is -0.817. The second-order valence-corrected chi connectivity index (χ2v) is 6.09. The first-order chi connectivity index (χ1) is 12.0. The number of benzene rings is 2. The van der Waals surface area contributed by atoms with E-state index < -0.39 is 11.0 Å². The first kappa shape index (κ1) is 16.9. The van der Waals surface area contributed by atoms with E-state index in [1.54, 1.807) is 19.1 Å². The number of para-hydroxylation sites is 1. The minimum absolute atomic E-state index is 0.0595. The molecule has 0 radical (unpaired) electrons. The predicted octanol–water partition coefficient (Wildman–Crippen LogP) is 4.23. The number of halogens is 1. The largest absolute Gasteiger partial charge is 0.280 e. The van der Waals surface area contributed by atoms with Crippen molar-refractivity contribution in [1.82, 2.24) is 0 Å². The second-order valence-electron chi connectivity index (χ2n) is 5.24. The summed E-state index contributed by atoms with van der Waals surface area (Å²) in [6.45, 7) is 1.70. The molecule has 126 valence electrons. The van der Waals surface area contributed by atoms with Crippen LogP contribution in [0.3, 0.4) is 0 Å². The Kier molecular flexibility index (Phi) is 4.66. The van der Waals surface area contributed by atoms with Crippen molar-refractivity contribution < 1.29 is 9.72 Å². The van der Waals surface area contributed by atoms with Gasteiger partial charge in [-0.2, -0.15) is 20.3 Å². The van der Waals surface area contributed by atoms with Crippen molar-refractivity contribution in [2.45, 2.75) is 13.0 Å². The smallest absolute Gasteiger partial charge is 0.269 e. The highest BCUT2D eigenvalue weighted by atomic mass is 79.9. The van der Waals surface area contributed by atoms with Crippen LogP contribution in [0, 0.1) is 10.1 Å². The Balaban J connectivity index is 1.82. The predicted molar refractivity (Wildman–Crippen MR) is 96.1 cm³/mol. The van der Waals surface area contributed by atoms with Crippen LogP contribution in [0.4, 0.5) is 17.1 Å². The van der Waals surface area contributed by atoms with Crippen LogP contribution >= 0.6 is 15.9 Å². The van der Waals surface area contributed by atoms with Crippen LogP contribution in [0.2, 0.25) is 0 Å². The molecule has 8 nitrogen and oxygen atoms in total. The van der Waals surface area contributed by atoms with Gasteiger partial charge in [0, 0.05) is 12.1 Å².